The Balaban J connectivity index is 1.94. The predicted octanol–water partition coefficient (Wildman–Crippen LogP) is 0.561. The van der Waals surface area contributed by atoms with E-state index in [1.807, 2.05) is 18.7 Å². The Morgan fingerprint density at radius 1 is 1.47 bits per heavy atom. The summed E-state index contributed by atoms with van der Waals surface area (Å²) in [6.07, 6.45) is 5.83. The van der Waals surface area contributed by atoms with Crippen LogP contribution in [0.4, 0.5) is 0 Å². The van der Waals surface area contributed by atoms with Gasteiger partial charge in [-0.15, -0.1) is 0 Å². The monoisotopic (exact) mass is 232 g/mol. The second kappa shape index (κ2) is 3.96. The van der Waals surface area contributed by atoms with Crippen molar-refractivity contribution in [3.63, 3.8) is 0 Å². The average Bonchev–Trinajstić information content (AvgIpc) is 2.88. The van der Waals surface area contributed by atoms with Gasteiger partial charge in [0.25, 0.3) is 0 Å². The van der Waals surface area contributed by atoms with E-state index < -0.39 is 0 Å². The Labute approximate surface area is 99.7 Å². The van der Waals surface area contributed by atoms with E-state index >= 15 is 0 Å². The van der Waals surface area contributed by atoms with Crippen molar-refractivity contribution in [3.8, 4) is 5.82 Å². The largest absolute Gasteiger partial charge is 0.310 e. The van der Waals surface area contributed by atoms with Gasteiger partial charge >= 0.3 is 0 Å². The van der Waals surface area contributed by atoms with E-state index in [9.17, 15) is 0 Å². The Morgan fingerprint density at radius 2 is 2.29 bits per heavy atom. The van der Waals surface area contributed by atoms with E-state index in [-0.39, 0.29) is 0 Å². The lowest BCUT2D eigenvalue weighted by Gasteiger charge is -2.06. The van der Waals surface area contributed by atoms with E-state index in [0.29, 0.717) is 6.04 Å². The van der Waals surface area contributed by atoms with Crippen LogP contribution in [0, 0.1) is 6.92 Å². The van der Waals surface area contributed by atoms with Gasteiger partial charge in [0.2, 0.25) is 0 Å². The van der Waals surface area contributed by atoms with Crippen LogP contribution >= 0.6 is 0 Å². The van der Waals surface area contributed by atoms with Crippen molar-refractivity contribution >= 4 is 0 Å². The molecule has 1 aliphatic rings. The predicted molar refractivity (Wildman–Crippen MR) is 62.7 cm³/mol. The van der Waals surface area contributed by atoms with Crippen molar-refractivity contribution in [1.82, 2.24) is 29.9 Å². The number of aromatic nitrogens is 5. The molecule has 1 aliphatic carbocycles. The van der Waals surface area contributed by atoms with Crippen LogP contribution in [0.3, 0.4) is 0 Å². The van der Waals surface area contributed by atoms with Gasteiger partial charge in [-0.05, 0) is 19.8 Å². The maximum Gasteiger partial charge on any atom is 0.158 e. The Kier molecular flexibility index (Phi) is 2.44. The van der Waals surface area contributed by atoms with Crippen molar-refractivity contribution in [1.29, 1.82) is 0 Å². The third-order valence-electron chi connectivity index (χ3n) is 3.09. The van der Waals surface area contributed by atoms with Crippen molar-refractivity contribution in [2.24, 2.45) is 7.05 Å². The third-order valence-corrected chi connectivity index (χ3v) is 3.09. The molecule has 1 saturated carbocycles. The maximum absolute atomic E-state index is 4.45. The Morgan fingerprint density at radius 3 is 2.94 bits per heavy atom. The van der Waals surface area contributed by atoms with Gasteiger partial charge in [0.1, 0.15) is 12.7 Å². The lowest BCUT2D eigenvalue weighted by molar-refractivity contribution is 0.665. The van der Waals surface area contributed by atoms with Gasteiger partial charge in [-0.25, -0.2) is 9.67 Å². The van der Waals surface area contributed by atoms with E-state index in [2.05, 4.69) is 20.5 Å². The lowest BCUT2D eigenvalue weighted by Crippen LogP contribution is -2.17. The highest BCUT2D eigenvalue weighted by Crippen LogP contribution is 2.22. The standard InChI is InChI=1S/C11H16N6/c1-8-10(5-13-9-3-4-9)11(16(2)15-8)17-7-12-6-14-17/h6-7,9,13H,3-5H2,1-2H3. The maximum atomic E-state index is 4.45. The lowest BCUT2D eigenvalue weighted by atomic mass is 10.2. The number of aryl methyl sites for hydroxylation is 2. The van der Waals surface area contributed by atoms with Crippen LogP contribution in [0.15, 0.2) is 12.7 Å². The molecule has 6 nitrogen and oxygen atoms in total. The fourth-order valence-electron chi connectivity index (χ4n) is 2.03. The molecule has 17 heavy (non-hydrogen) atoms. The first-order valence-corrected chi connectivity index (χ1v) is 5.86. The number of hydrogen-bond acceptors (Lipinski definition) is 4. The van der Waals surface area contributed by atoms with E-state index in [1.165, 1.54) is 18.4 Å². The SMILES string of the molecule is Cc1nn(C)c(-n2cncn2)c1CNC1CC1. The molecule has 2 aromatic rings. The normalized spacial score (nSPS) is 15.4. The molecule has 6 heteroatoms. The van der Waals surface area contributed by atoms with Crippen molar-refractivity contribution < 1.29 is 0 Å². The molecule has 0 unspecified atom stereocenters. The van der Waals surface area contributed by atoms with Gasteiger partial charge in [0.05, 0.1) is 5.69 Å². The Hall–Kier alpha value is -1.69. The Bertz CT molecular complexity index is 508. The topological polar surface area (TPSA) is 60.6 Å². The fourth-order valence-corrected chi connectivity index (χ4v) is 2.03. The summed E-state index contributed by atoms with van der Waals surface area (Å²) < 4.78 is 3.62. The summed E-state index contributed by atoms with van der Waals surface area (Å²) in [4.78, 5) is 3.99. The van der Waals surface area contributed by atoms with E-state index in [1.54, 1.807) is 17.3 Å². The molecule has 0 aliphatic heterocycles. The van der Waals surface area contributed by atoms with Crippen molar-refractivity contribution in [2.75, 3.05) is 0 Å². The van der Waals surface area contributed by atoms with E-state index in [0.717, 1.165) is 18.1 Å². The molecule has 2 heterocycles. The summed E-state index contributed by atoms with van der Waals surface area (Å²) in [5.41, 5.74) is 2.25. The first kappa shape index (κ1) is 10.5. The summed E-state index contributed by atoms with van der Waals surface area (Å²) in [6.45, 7) is 2.88. The molecule has 3 rings (SSSR count). The van der Waals surface area contributed by atoms with Crippen LogP contribution in [0.1, 0.15) is 24.1 Å². The summed E-state index contributed by atoms with van der Waals surface area (Å²) in [7, 11) is 1.94. The summed E-state index contributed by atoms with van der Waals surface area (Å²) >= 11 is 0. The van der Waals surface area contributed by atoms with E-state index in [4.69, 9.17) is 0 Å². The van der Waals surface area contributed by atoms with Crippen LogP contribution in [0.5, 0.6) is 0 Å². The second-order valence-corrected chi connectivity index (χ2v) is 4.51. The molecule has 0 bridgehead atoms. The van der Waals surface area contributed by atoms with Crippen LogP contribution in [0.25, 0.3) is 5.82 Å². The summed E-state index contributed by atoms with van der Waals surface area (Å²) in [5.74, 6) is 0.994. The smallest absolute Gasteiger partial charge is 0.158 e. The highest BCUT2D eigenvalue weighted by Gasteiger charge is 2.22. The van der Waals surface area contributed by atoms with Crippen molar-refractivity contribution in [3.05, 3.63) is 23.9 Å². The first-order valence-electron chi connectivity index (χ1n) is 5.86. The zero-order chi connectivity index (χ0) is 11.8. The zero-order valence-corrected chi connectivity index (χ0v) is 10.1. The van der Waals surface area contributed by atoms with Crippen LogP contribution in [0.2, 0.25) is 0 Å². The van der Waals surface area contributed by atoms with Crippen LogP contribution in [-0.2, 0) is 13.6 Å². The number of rotatable bonds is 4. The molecule has 0 saturated heterocycles. The molecule has 0 aromatic carbocycles. The molecule has 1 N–H and O–H groups in total. The van der Waals surface area contributed by atoms with Crippen LogP contribution < -0.4 is 5.32 Å². The van der Waals surface area contributed by atoms with Gasteiger partial charge in [-0.1, -0.05) is 0 Å². The van der Waals surface area contributed by atoms with Crippen LogP contribution in [-0.4, -0.2) is 30.6 Å². The first-order chi connectivity index (χ1) is 8.25. The molecular formula is C11H16N6. The number of hydrogen-bond donors (Lipinski definition) is 1. The zero-order valence-electron chi connectivity index (χ0n) is 10.1. The highest BCUT2D eigenvalue weighted by atomic mass is 15.4. The van der Waals surface area contributed by atoms with Gasteiger partial charge in [0, 0.05) is 25.2 Å². The molecule has 0 amide bonds. The van der Waals surface area contributed by atoms with Gasteiger partial charge < -0.3 is 5.32 Å². The molecule has 90 valence electrons. The molecule has 2 aromatic heterocycles. The number of nitrogens with zero attached hydrogens (tertiary/aromatic N) is 5. The quantitative estimate of drug-likeness (QED) is 0.836. The molecule has 0 spiro atoms. The van der Waals surface area contributed by atoms with Gasteiger partial charge in [-0.3, -0.25) is 4.68 Å². The van der Waals surface area contributed by atoms with Gasteiger partial charge in [-0.2, -0.15) is 10.2 Å². The third kappa shape index (κ3) is 1.95. The summed E-state index contributed by atoms with van der Waals surface area (Å²) in [6, 6.07) is 0.693. The van der Waals surface area contributed by atoms with Gasteiger partial charge in [0.15, 0.2) is 5.82 Å². The molecular weight excluding hydrogens is 216 g/mol. The molecule has 0 radical (unpaired) electrons. The minimum atomic E-state index is 0.693. The average molecular weight is 232 g/mol. The number of nitrogens with one attached hydrogen (secondary N) is 1. The summed E-state index contributed by atoms with van der Waals surface area (Å²) in [5, 5.41) is 12.1. The fraction of sp³-hybridized carbons (Fsp3) is 0.545. The molecule has 0 atom stereocenters. The molecule has 1 fully saturated rings. The second-order valence-electron chi connectivity index (χ2n) is 4.51. The minimum absolute atomic E-state index is 0.693. The van der Waals surface area contributed by atoms with Crippen molar-refractivity contribution in [2.45, 2.75) is 32.4 Å². The minimum Gasteiger partial charge on any atom is -0.310 e. The highest BCUT2D eigenvalue weighted by molar-refractivity contribution is 5.36.